The predicted octanol–water partition coefficient (Wildman–Crippen LogP) is 3.17. The largest absolute Gasteiger partial charge is 0.481 e. The number of nitriles is 1. The van der Waals surface area contributed by atoms with Crippen molar-refractivity contribution in [3.8, 4) is 6.07 Å². The van der Waals surface area contributed by atoms with Gasteiger partial charge >= 0.3 is 5.97 Å². The van der Waals surface area contributed by atoms with Gasteiger partial charge in [-0.05, 0) is 29.3 Å². The predicted molar refractivity (Wildman–Crippen MR) is 79.1 cm³/mol. The first-order chi connectivity index (χ1) is 9.42. The molecule has 0 saturated heterocycles. The summed E-state index contributed by atoms with van der Waals surface area (Å²) in [7, 11) is 3.71. The maximum Gasteiger partial charge on any atom is 0.308 e. The van der Waals surface area contributed by atoms with Gasteiger partial charge in [0.05, 0.1) is 12.5 Å². The molecule has 20 heavy (non-hydrogen) atoms. The first-order valence-corrected chi connectivity index (χ1v) is 6.27. The lowest BCUT2D eigenvalue weighted by Crippen LogP contribution is -2.03. The highest BCUT2D eigenvalue weighted by Gasteiger charge is 2.06. The molecule has 0 radical (unpaired) electrons. The Morgan fingerprint density at radius 3 is 2.45 bits per heavy atom. The highest BCUT2D eigenvalue weighted by atomic mass is 35.5. The Kier molecular flexibility index (Phi) is 5.82. The molecule has 5 heteroatoms. The molecule has 1 aromatic rings. The lowest BCUT2D eigenvalue weighted by molar-refractivity contribution is -0.136. The second-order valence-corrected chi connectivity index (χ2v) is 4.84. The summed E-state index contributed by atoms with van der Waals surface area (Å²) in [5.41, 5.74) is 1.81. The lowest BCUT2D eigenvalue weighted by atomic mass is 10.0. The summed E-state index contributed by atoms with van der Waals surface area (Å²) >= 11 is 5.85. The van der Waals surface area contributed by atoms with E-state index in [-0.39, 0.29) is 12.0 Å². The number of carboxylic acid groups (broad SMARTS) is 1. The zero-order chi connectivity index (χ0) is 15.1. The van der Waals surface area contributed by atoms with E-state index in [1.165, 1.54) is 0 Å². The quantitative estimate of drug-likeness (QED) is 0.668. The maximum absolute atomic E-state index is 10.7. The number of rotatable bonds is 5. The van der Waals surface area contributed by atoms with Gasteiger partial charge in [0.2, 0.25) is 0 Å². The maximum atomic E-state index is 10.7. The Morgan fingerprint density at radius 2 is 2.00 bits per heavy atom. The number of allylic oxidation sites excluding steroid dienone is 2. The number of benzene rings is 1. The fraction of sp³-hybridized carbons (Fsp3) is 0.200. The number of carboxylic acids is 1. The van der Waals surface area contributed by atoms with Crippen LogP contribution in [0.4, 0.5) is 0 Å². The molecule has 0 unspecified atom stereocenters. The Balaban J connectivity index is 3.20. The summed E-state index contributed by atoms with van der Waals surface area (Å²) in [6, 6.07) is 9.05. The standard InChI is InChI=1S/C15H15ClN2O2/c1-18(2)10-13(7-11(9-17)8-15(19)20)12-3-5-14(16)6-4-12/h3-7,10H,8H2,1-2H3,(H,19,20). The highest BCUT2D eigenvalue weighted by molar-refractivity contribution is 6.30. The smallest absolute Gasteiger partial charge is 0.308 e. The van der Waals surface area contributed by atoms with Crippen molar-refractivity contribution in [3.63, 3.8) is 0 Å². The van der Waals surface area contributed by atoms with Crippen molar-refractivity contribution in [2.75, 3.05) is 14.1 Å². The molecule has 4 nitrogen and oxygen atoms in total. The summed E-state index contributed by atoms with van der Waals surface area (Å²) in [6.45, 7) is 0. The van der Waals surface area contributed by atoms with Crippen LogP contribution in [0.2, 0.25) is 5.02 Å². The number of hydrogen-bond donors (Lipinski definition) is 1. The summed E-state index contributed by atoms with van der Waals surface area (Å²) in [4.78, 5) is 12.5. The average Bonchev–Trinajstić information content (AvgIpc) is 2.36. The van der Waals surface area contributed by atoms with Crippen molar-refractivity contribution in [2.45, 2.75) is 6.42 Å². The van der Waals surface area contributed by atoms with Gasteiger partial charge in [-0.1, -0.05) is 23.7 Å². The van der Waals surface area contributed by atoms with E-state index in [2.05, 4.69) is 0 Å². The Morgan fingerprint density at radius 1 is 1.40 bits per heavy atom. The first kappa shape index (κ1) is 15.8. The first-order valence-electron chi connectivity index (χ1n) is 5.89. The SMILES string of the molecule is CN(C)C=C(C=C(C#N)CC(=O)O)c1ccc(Cl)cc1. The molecule has 0 aliphatic carbocycles. The number of carbonyl (C=O) groups is 1. The topological polar surface area (TPSA) is 64.3 Å². The molecule has 0 aliphatic rings. The second-order valence-electron chi connectivity index (χ2n) is 4.41. The molecule has 0 aromatic heterocycles. The fourth-order valence-electron chi connectivity index (χ4n) is 1.59. The van der Waals surface area contributed by atoms with E-state index >= 15 is 0 Å². The Hall–Kier alpha value is -2.25. The highest BCUT2D eigenvalue weighted by Crippen LogP contribution is 2.21. The third-order valence-corrected chi connectivity index (χ3v) is 2.64. The van der Waals surface area contributed by atoms with Gasteiger partial charge in [0, 0.05) is 30.9 Å². The molecule has 0 aliphatic heterocycles. The van der Waals surface area contributed by atoms with Crippen LogP contribution in [0.5, 0.6) is 0 Å². The van der Waals surface area contributed by atoms with Crippen LogP contribution in [0.3, 0.4) is 0 Å². The third kappa shape index (κ3) is 5.17. The van der Waals surface area contributed by atoms with Gasteiger partial charge in [0.15, 0.2) is 0 Å². The third-order valence-electron chi connectivity index (χ3n) is 2.39. The summed E-state index contributed by atoms with van der Waals surface area (Å²) < 4.78 is 0. The Bertz CT molecular complexity index is 581. The minimum Gasteiger partial charge on any atom is -0.481 e. The molecule has 0 atom stereocenters. The molecular weight excluding hydrogens is 276 g/mol. The van der Waals surface area contributed by atoms with Gasteiger partial charge in [-0.15, -0.1) is 0 Å². The van der Waals surface area contributed by atoms with Crippen LogP contribution < -0.4 is 0 Å². The number of nitrogens with zero attached hydrogens (tertiary/aromatic N) is 2. The second kappa shape index (κ2) is 7.37. The number of aliphatic carboxylic acids is 1. The molecule has 1 rings (SSSR count). The summed E-state index contributed by atoms with van der Waals surface area (Å²) in [5.74, 6) is -1.03. The molecule has 0 bridgehead atoms. The van der Waals surface area contributed by atoms with Crippen molar-refractivity contribution < 1.29 is 9.90 Å². The van der Waals surface area contributed by atoms with Crippen molar-refractivity contribution in [1.82, 2.24) is 4.90 Å². The molecule has 1 aromatic carbocycles. The van der Waals surface area contributed by atoms with Crippen molar-refractivity contribution in [2.24, 2.45) is 0 Å². The van der Waals surface area contributed by atoms with E-state index in [4.69, 9.17) is 22.0 Å². The van der Waals surface area contributed by atoms with Crippen LogP contribution in [0.1, 0.15) is 12.0 Å². The van der Waals surface area contributed by atoms with Crippen molar-refractivity contribution in [3.05, 3.63) is 52.7 Å². The zero-order valence-corrected chi connectivity index (χ0v) is 12.1. The van der Waals surface area contributed by atoms with E-state index in [1.807, 2.05) is 43.4 Å². The van der Waals surface area contributed by atoms with E-state index in [9.17, 15) is 4.79 Å². The molecular formula is C15H15ClN2O2. The van der Waals surface area contributed by atoms with Crippen LogP contribution in [0.25, 0.3) is 5.57 Å². The molecule has 0 fully saturated rings. The van der Waals surface area contributed by atoms with E-state index in [0.717, 1.165) is 11.1 Å². The summed E-state index contributed by atoms with van der Waals surface area (Å²) in [6.07, 6.45) is 3.11. The molecule has 1 N–H and O–H groups in total. The molecule has 0 amide bonds. The minimum atomic E-state index is -1.03. The van der Waals surface area contributed by atoms with Gasteiger partial charge < -0.3 is 10.0 Å². The van der Waals surface area contributed by atoms with Crippen molar-refractivity contribution in [1.29, 1.82) is 5.26 Å². The molecule has 0 saturated carbocycles. The lowest BCUT2D eigenvalue weighted by Gasteiger charge is -2.10. The monoisotopic (exact) mass is 290 g/mol. The number of hydrogen-bond acceptors (Lipinski definition) is 3. The van der Waals surface area contributed by atoms with Crippen LogP contribution in [0, 0.1) is 11.3 Å². The van der Waals surface area contributed by atoms with Crippen molar-refractivity contribution >= 4 is 23.1 Å². The average molecular weight is 291 g/mol. The normalized spacial score (nSPS) is 11.9. The summed E-state index contributed by atoms with van der Waals surface area (Å²) in [5, 5.41) is 18.4. The van der Waals surface area contributed by atoms with Crippen LogP contribution in [-0.2, 0) is 4.79 Å². The van der Waals surface area contributed by atoms with Crippen LogP contribution in [-0.4, -0.2) is 30.1 Å². The van der Waals surface area contributed by atoms with Gasteiger partial charge in [-0.2, -0.15) is 5.26 Å². The van der Waals surface area contributed by atoms with Crippen LogP contribution >= 0.6 is 11.6 Å². The van der Waals surface area contributed by atoms with E-state index in [0.29, 0.717) is 5.02 Å². The van der Waals surface area contributed by atoms with E-state index < -0.39 is 5.97 Å². The number of halogens is 1. The fourth-order valence-corrected chi connectivity index (χ4v) is 1.72. The Labute approximate surface area is 123 Å². The van der Waals surface area contributed by atoms with E-state index in [1.54, 1.807) is 18.2 Å². The van der Waals surface area contributed by atoms with Gasteiger partial charge in [0.1, 0.15) is 0 Å². The van der Waals surface area contributed by atoms with Gasteiger partial charge in [-0.25, -0.2) is 0 Å². The molecule has 0 heterocycles. The zero-order valence-electron chi connectivity index (χ0n) is 11.3. The minimum absolute atomic E-state index is 0.195. The van der Waals surface area contributed by atoms with Crippen LogP contribution in [0.15, 0.2) is 42.1 Å². The molecule has 0 spiro atoms. The molecule has 104 valence electrons. The van der Waals surface area contributed by atoms with Gasteiger partial charge in [-0.3, -0.25) is 4.79 Å². The van der Waals surface area contributed by atoms with Gasteiger partial charge in [0.25, 0.3) is 0 Å².